The largest absolute Gasteiger partial charge is 0.480 e. The number of hydrogen-bond donors (Lipinski definition) is 2. The van der Waals surface area contributed by atoms with Gasteiger partial charge in [-0.1, -0.05) is 51.1 Å². The molecule has 0 saturated heterocycles. The number of ether oxygens (including phenoxy) is 1. The van der Waals surface area contributed by atoms with Gasteiger partial charge >= 0.3 is 12.1 Å². The van der Waals surface area contributed by atoms with E-state index in [1.54, 1.807) is 6.92 Å². The molecule has 1 rings (SSSR count). The van der Waals surface area contributed by atoms with Crippen LogP contribution in [-0.2, 0) is 9.53 Å². The lowest BCUT2D eigenvalue weighted by Crippen LogP contribution is -2.55. The number of carbonyl (C=O) groups excluding carboxylic acids is 1. The summed E-state index contributed by atoms with van der Waals surface area (Å²) in [7, 11) is 0. The van der Waals surface area contributed by atoms with Crippen LogP contribution in [0.2, 0.25) is 0 Å². The number of nitrogens with one attached hydrogen (secondary N) is 1. The van der Waals surface area contributed by atoms with Crippen LogP contribution in [0.15, 0.2) is 0 Å². The lowest BCUT2D eigenvalue weighted by Gasteiger charge is -2.33. The fourth-order valence-electron chi connectivity index (χ4n) is 1.97. The lowest BCUT2D eigenvalue weighted by molar-refractivity contribution is -0.146. The Bertz CT molecular complexity index is 321. The van der Waals surface area contributed by atoms with Crippen molar-refractivity contribution in [2.24, 2.45) is 0 Å². The van der Waals surface area contributed by atoms with Crippen LogP contribution in [0.3, 0.4) is 0 Å². The molecule has 1 fully saturated rings. The SMILES string of the molecule is CC(Br)(Br)COC(=O)NC1(C(=O)O)CCCCC1. The zero-order valence-corrected chi connectivity index (χ0v) is 13.3. The van der Waals surface area contributed by atoms with E-state index in [0.29, 0.717) is 12.8 Å². The van der Waals surface area contributed by atoms with Gasteiger partial charge in [-0.15, -0.1) is 0 Å². The molecule has 7 heteroatoms. The van der Waals surface area contributed by atoms with E-state index in [2.05, 4.69) is 37.2 Å². The van der Waals surface area contributed by atoms with Crippen LogP contribution >= 0.6 is 31.9 Å². The Balaban J connectivity index is 2.56. The Morgan fingerprint density at radius 1 is 1.33 bits per heavy atom. The van der Waals surface area contributed by atoms with Gasteiger partial charge in [0.25, 0.3) is 0 Å². The Morgan fingerprint density at radius 3 is 2.33 bits per heavy atom. The number of alkyl carbamates (subject to hydrolysis) is 1. The summed E-state index contributed by atoms with van der Waals surface area (Å²) in [6.45, 7) is 1.89. The number of carbonyl (C=O) groups is 2. The maximum Gasteiger partial charge on any atom is 0.408 e. The molecule has 104 valence electrons. The maximum absolute atomic E-state index is 11.6. The minimum atomic E-state index is -1.16. The Labute approximate surface area is 123 Å². The van der Waals surface area contributed by atoms with Crippen molar-refractivity contribution in [1.29, 1.82) is 0 Å². The quantitative estimate of drug-likeness (QED) is 0.728. The third kappa shape index (κ3) is 4.76. The van der Waals surface area contributed by atoms with Gasteiger partial charge in [-0.25, -0.2) is 9.59 Å². The summed E-state index contributed by atoms with van der Waals surface area (Å²) in [5, 5.41) is 11.8. The van der Waals surface area contributed by atoms with E-state index >= 15 is 0 Å². The molecule has 1 aliphatic carbocycles. The second-order valence-corrected chi connectivity index (χ2v) is 9.28. The molecule has 2 N–H and O–H groups in total. The van der Waals surface area contributed by atoms with E-state index in [-0.39, 0.29) is 6.61 Å². The fourth-order valence-corrected chi connectivity index (χ4v) is 2.20. The van der Waals surface area contributed by atoms with Crippen LogP contribution in [0.4, 0.5) is 4.79 Å². The van der Waals surface area contributed by atoms with Crippen LogP contribution in [-0.4, -0.2) is 32.5 Å². The van der Waals surface area contributed by atoms with Gasteiger partial charge in [-0.2, -0.15) is 0 Å². The first-order valence-corrected chi connectivity index (χ1v) is 7.40. The lowest BCUT2D eigenvalue weighted by atomic mass is 9.82. The predicted molar refractivity (Wildman–Crippen MR) is 74.2 cm³/mol. The molecule has 0 radical (unpaired) electrons. The molecule has 0 atom stereocenters. The zero-order valence-electron chi connectivity index (χ0n) is 10.2. The van der Waals surface area contributed by atoms with Crippen molar-refractivity contribution in [3.8, 4) is 0 Å². The molecule has 5 nitrogen and oxygen atoms in total. The van der Waals surface area contributed by atoms with Gasteiger partial charge < -0.3 is 15.2 Å². The molecule has 0 spiro atoms. The summed E-state index contributed by atoms with van der Waals surface area (Å²) in [6, 6.07) is 0. The summed E-state index contributed by atoms with van der Waals surface area (Å²) in [4.78, 5) is 23.0. The van der Waals surface area contributed by atoms with Crippen molar-refractivity contribution < 1.29 is 19.4 Å². The Kier molecular flexibility index (Phi) is 5.46. The third-order valence-corrected chi connectivity index (χ3v) is 3.37. The highest BCUT2D eigenvalue weighted by molar-refractivity contribution is 9.25. The second-order valence-electron chi connectivity index (χ2n) is 4.72. The van der Waals surface area contributed by atoms with Crippen LogP contribution in [0.25, 0.3) is 0 Å². The van der Waals surface area contributed by atoms with E-state index < -0.39 is 20.8 Å². The van der Waals surface area contributed by atoms with Crippen molar-refractivity contribution >= 4 is 43.9 Å². The normalized spacial score (nSPS) is 19.1. The predicted octanol–water partition coefficient (Wildman–Crippen LogP) is 3.01. The molecule has 0 aromatic rings. The summed E-state index contributed by atoms with van der Waals surface area (Å²) in [5.41, 5.74) is -1.16. The van der Waals surface area contributed by atoms with Crippen molar-refractivity contribution in [2.75, 3.05) is 6.61 Å². The summed E-state index contributed by atoms with van der Waals surface area (Å²) >= 11 is 6.54. The first kappa shape index (κ1) is 15.8. The number of halogens is 2. The molecular weight excluding hydrogens is 370 g/mol. The highest BCUT2D eigenvalue weighted by atomic mass is 79.9. The molecule has 0 heterocycles. The van der Waals surface area contributed by atoms with Gasteiger partial charge in [0.1, 0.15) is 15.4 Å². The Hall–Kier alpha value is -0.300. The van der Waals surface area contributed by atoms with E-state index in [1.165, 1.54) is 0 Å². The number of hydrogen-bond acceptors (Lipinski definition) is 3. The number of carboxylic acids is 1. The monoisotopic (exact) mass is 385 g/mol. The topological polar surface area (TPSA) is 75.6 Å². The van der Waals surface area contributed by atoms with Crippen LogP contribution in [0, 0.1) is 0 Å². The number of carboxylic acid groups (broad SMARTS) is 1. The van der Waals surface area contributed by atoms with Crippen LogP contribution in [0.1, 0.15) is 39.0 Å². The van der Waals surface area contributed by atoms with Crippen molar-refractivity contribution in [3.63, 3.8) is 0 Å². The van der Waals surface area contributed by atoms with E-state index in [1.807, 2.05) is 0 Å². The average molecular weight is 387 g/mol. The highest BCUT2D eigenvalue weighted by Crippen LogP contribution is 2.29. The van der Waals surface area contributed by atoms with Crippen molar-refractivity contribution in [2.45, 2.75) is 47.8 Å². The first-order chi connectivity index (χ1) is 8.25. The molecule has 1 aliphatic rings. The van der Waals surface area contributed by atoms with Crippen molar-refractivity contribution in [1.82, 2.24) is 5.32 Å². The van der Waals surface area contributed by atoms with E-state index in [4.69, 9.17) is 4.74 Å². The highest BCUT2D eigenvalue weighted by Gasteiger charge is 2.41. The minimum Gasteiger partial charge on any atom is -0.480 e. The van der Waals surface area contributed by atoms with E-state index in [9.17, 15) is 14.7 Å². The molecule has 0 aliphatic heterocycles. The molecule has 0 aromatic carbocycles. The summed E-state index contributed by atoms with van der Waals surface area (Å²) in [5.74, 6) is -0.986. The molecule has 1 amide bonds. The number of amides is 1. The van der Waals surface area contributed by atoms with Gasteiger partial charge in [-0.05, 0) is 19.8 Å². The molecular formula is C11H17Br2NO4. The number of aliphatic carboxylic acids is 1. The first-order valence-electron chi connectivity index (χ1n) is 5.81. The van der Waals surface area contributed by atoms with Gasteiger partial charge in [0.05, 0.1) is 0 Å². The molecule has 0 aromatic heterocycles. The van der Waals surface area contributed by atoms with Gasteiger partial charge in [0.15, 0.2) is 0 Å². The summed E-state index contributed by atoms with van der Waals surface area (Å²) in [6.07, 6.45) is 2.84. The summed E-state index contributed by atoms with van der Waals surface area (Å²) < 4.78 is 4.48. The smallest absolute Gasteiger partial charge is 0.408 e. The third-order valence-electron chi connectivity index (χ3n) is 2.91. The fraction of sp³-hybridized carbons (Fsp3) is 0.818. The van der Waals surface area contributed by atoms with Gasteiger partial charge in [0.2, 0.25) is 0 Å². The number of rotatable bonds is 4. The maximum atomic E-state index is 11.6. The molecule has 0 bridgehead atoms. The molecule has 1 saturated carbocycles. The van der Waals surface area contributed by atoms with E-state index in [0.717, 1.165) is 19.3 Å². The van der Waals surface area contributed by atoms with Gasteiger partial charge in [0, 0.05) is 0 Å². The van der Waals surface area contributed by atoms with Gasteiger partial charge in [-0.3, -0.25) is 0 Å². The standard InChI is InChI=1S/C11H17Br2NO4/c1-10(12,13)7-18-9(17)14-11(8(15)16)5-3-2-4-6-11/h2-7H2,1H3,(H,14,17)(H,15,16). The minimum absolute atomic E-state index is 0.106. The second kappa shape index (κ2) is 6.23. The molecule has 18 heavy (non-hydrogen) atoms. The average Bonchev–Trinajstić information content (AvgIpc) is 2.26. The Morgan fingerprint density at radius 2 is 1.89 bits per heavy atom. The number of alkyl halides is 2. The van der Waals surface area contributed by atoms with Crippen molar-refractivity contribution in [3.05, 3.63) is 0 Å². The van der Waals surface area contributed by atoms with Crippen LogP contribution < -0.4 is 5.32 Å². The molecule has 0 unspecified atom stereocenters. The zero-order chi connectivity index (χ0) is 13.8. The van der Waals surface area contributed by atoms with Crippen LogP contribution in [0.5, 0.6) is 0 Å².